The molecule has 6 heteroatoms. The second-order valence-corrected chi connectivity index (χ2v) is 6.76. The molecule has 2 aliphatic heterocycles. The molecular weight excluding hydrogens is 290 g/mol. The lowest BCUT2D eigenvalue weighted by Crippen LogP contribution is -2.47. The number of benzene rings is 1. The predicted molar refractivity (Wildman–Crippen MR) is 78.5 cm³/mol. The molecule has 1 spiro atoms. The van der Waals surface area contributed by atoms with Gasteiger partial charge < -0.3 is 14.4 Å². The van der Waals surface area contributed by atoms with Crippen LogP contribution in [-0.2, 0) is 20.3 Å². The van der Waals surface area contributed by atoms with Gasteiger partial charge in [-0.1, -0.05) is 0 Å². The van der Waals surface area contributed by atoms with E-state index in [0.717, 1.165) is 17.7 Å². The van der Waals surface area contributed by atoms with E-state index in [1.165, 1.54) is 0 Å². The Kier molecular flexibility index (Phi) is 4.10. The molecule has 2 heterocycles. The van der Waals surface area contributed by atoms with Crippen LogP contribution >= 0.6 is 0 Å². The highest BCUT2D eigenvalue weighted by Crippen LogP contribution is 2.31. The molecule has 2 saturated heterocycles. The van der Waals surface area contributed by atoms with Gasteiger partial charge in [-0.25, -0.2) is 0 Å². The number of ether oxygens (including phenoxy) is 2. The van der Waals surface area contributed by atoms with Crippen LogP contribution in [0.1, 0.15) is 23.2 Å². The summed E-state index contributed by atoms with van der Waals surface area (Å²) in [6.07, 6.45) is 3.06. The molecule has 5 nitrogen and oxygen atoms in total. The molecule has 0 bridgehead atoms. The Balaban J connectivity index is 1.64. The van der Waals surface area contributed by atoms with Crippen LogP contribution < -0.4 is 0 Å². The molecule has 114 valence electrons. The van der Waals surface area contributed by atoms with Crippen molar-refractivity contribution in [3.8, 4) is 0 Å². The molecule has 0 saturated carbocycles. The molecule has 1 aromatic carbocycles. The van der Waals surface area contributed by atoms with E-state index < -0.39 is 16.6 Å². The minimum absolute atomic E-state index is 0.0104. The summed E-state index contributed by atoms with van der Waals surface area (Å²) >= 11 is 0. The van der Waals surface area contributed by atoms with Crippen LogP contribution in [0.2, 0.25) is 0 Å². The number of piperidine rings is 1. The standard InChI is InChI=1S/C15H19NO4S/c1-21(18)13-4-2-12(3-5-13)14(17)16-8-6-15(7-9-16)19-10-11-20-15/h2-5H,6-11H2,1H3. The van der Waals surface area contributed by atoms with Gasteiger partial charge in [0.05, 0.1) is 13.2 Å². The lowest BCUT2D eigenvalue weighted by molar-refractivity contribution is -0.181. The zero-order valence-corrected chi connectivity index (χ0v) is 12.9. The lowest BCUT2D eigenvalue weighted by Gasteiger charge is -2.37. The normalized spacial score (nSPS) is 22.4. The van der Waals surface area contributed by atoms with E-state index in [0.29, 0.717) is 31.9 Å². The maximum atomic E-state index is 12.5. The van der Waals surface area contributed by atoms with E-state index in [9.17, 15) is 9.00 Å². The van der Waals surface area contributed by atoms with Crippen molar-refractivity contribution in [3.05, 3.63) is 29.8 Å². The topological polar surface area (TPSA) is 55.8 Å². The Hall–Kier alpha value is -1.24. The third kappa shape index (κ3) is 3.02. The first-order valence-electron chi connectivity index (χ1n) is 7.10. The van der Waals surface area contributed by atoms with Crippen LogP contribution in [0.4, 0.5) is 0 Å². The average Bonchev–Trinajstić information content (AvgIpc) is 2.96. The zero-order chi connectivity index (χ0) is 14.9. The van der Waals surface area contributed by atoms with Gasteiger partial charge in [0.1, 0.15) is 0 Å². The predicted octanol–water partition coefficient (Wildman–Crippen LogP) is 1.40. The van der Waals surface area contributed by atoms with Gasteiger partial charge in [-0.15, -0.1) is 0 Å². The van der Waals surface area contributed by atoms with E-state index in [4.69, 9.17) is 9.47 Å². The highest BCUT2D eigenvalue weighted by atomic mass is 32.2. The fraction of sp³-hybridized carbons (Fsp3) is 0.533. The van der Waals surface area contributed by atoms with E-state index in [1.807, 2.05) is 4.90 Å². The Morgan fingerprint density at radius 2 is 1.71 bits per heavy atom. The molecule has 3 rings (SSSR count). The molecule has 0 N–H and O–H groups in total. The van der Waals surface area contributed by atoms with Crippen molar-refractivity contribution in [2.24, 2.45) is 0 Å². The van der Waals surface area contributed by atoms with Gasteiger partial charge in [0.25, 0.3) is 5.91 Å². The van der Waals surface area contributed by atoms with E-state index in [-0.39, 0.29) is 5.91 Å². The van der Waals surface area contributed by atoms with Crippen LogP contribution in [0.5, 0.6) is 0 Å². The monoisotopic (exact) mass is 309 g/mol. The smallest absolute Gasteiger partial charge is 0.253 e. The molecule has 0 radical (unpaired) electrons. The average molecular weight is 309 g/mol. The third-order valence-corrected chi connectivity index (χ3v) is 5.00. The summed E-state index contributed by atoms with van der Waals surface area (Å²) < 4.78 is 22.7. The van der Waals surface area contributed by atoms with Gasteiger partial charge in [0, 0.05) is 53.4 Å². The van der Waals surface area contributed by atoms with Crippen molar-refractivity contribution >= 4 is 16.7 Å². The highest BCUT2D eigenvalue weighted by molar-refractivity contribution is 7.84. The Bertz CT molecular complexity index is 541. The summed E-state index contributed by atoms with van der Waals surface area (Å²) in [6.45, 7) is 2.56. The summed E-state index contributed by atoms with van der Waals surface area (Å²) in [4.78, 5) is 15.0. The SMILES string of the molecule is CS(=O)c1ccc(C(=O)N2CCC3(CC2)OCCO3)cc1. The van der Waals surface area contributed by atoms with E-state index in [2.05, 4.69) is 0 Å². The van der Waals surface area contributed by atoms with Crippen LogP contribution in [0.3, 0.4) is 0 Å². The zero-order valence-electron chi connectivity index (χ0n) is 12.0. The maximum Gasteiger partial charge on any atom is 0.253 e. The number of carbonyl (C=O) groups excluding carboxylic acids is 1. The Morgan fingerprint density at radius 1 is 1.14 bits per heavy atom. The second-order valence-electron chi connectivity index (χ2n) is 5.38. The first kappa shape index (κ1) is 14.7. The molecule has 21 heavy (non-hydrogen) atoms. The van der Waals surface area contributed by atoms with Crippen LogP contribution in [0, 0.1) is 0 Å². The third-order valence-electron chi connectivity index (χ3n) is 4.06. The summed E-state index contributed by atoms with van der Waals surface area (Å²) in [5.74, 6) is -0.448. The fourth-order valence-electron chi connectivity index (χ4n) is 2.81. The molecule has 1 atom stereocenters. The summed E-state index contributed by atoms with van der Waals surface area (Å²) in [5, 5.41) is 0. The van der Waals surface area contributed by atoms with Crippen molar-refractivity contribution in [3.63, 3.8) is 0 Å². The van der Waals surface area contributed by atoms with Gasteiger partial charge in [-0.2, -0.15) is 0 Å². The number of hydrogen-bond donors (Lipinski definition) is 0. The minimum atomic E-state index is -1.02. The Labute approximate surface area is 126 Å². The fourth-order valence-corrected chi connectivity index (χ4v) is 3.33. The largest absolute Gasteiger partial charge is 0.347 e. The molecule has 0 aliphatic carbocycles. The highest BCUT2D eigenvalue weighted by Gasteiger charge is 2.40. The molecule has 2 fully saturated rings. The van der Waals surface area contributed by atoms with Gasteiger partial charge >= 0.3 is 0 Å². The molecule has 2 aliphatic rings. The van der Waals surface area contributed by atoms with Crippen molar-refractivity contribution in [2.75, 3.05) is 32.6 Å². The number of rotatable bonds is 2. The van der Waals surface area contributed by atoms with Gasteiger partial charge in [0.15, 0.2) is 5.79 Å². The number of amides is 1. The molecule has 1 aromatic rings. The first-order chi connectivity index (χ1) is 10.1. The van der Waals surface area contributed by atoms with Crippen molar-refractivity contribution < 1.29 is 18.5 Å². The summed E-state index contributed by atoms with van der Waals surface area (Å²) in [6, 6.07) is 6.98. The summed E-state index contributed by atoms with van der Waals surface area (Å²) in [7, 11) is -1.02. The maximum absolute atomic E-state index is 12.5. The van der Waals surface area contributed by atoms with Crippen molar-refractivity contribution in [2.45, 2.75) is 23.5 Å². The van der Waals surface area contributed by atoms with Crippen molar-refractivity contribution in [1.29, 1.82) is 0 Å². The lowest BCUT2D eigenvalue weighted by atomic mass is 10.0. The van der Waals surface area contributed by atoms with E-state index >= 15 is 0 Å². The Morgan fingerprint density at radius 3 is 2.24 bits per heavy atom. The van der Waals surface area contributed by atoms with Gasteiger partial charge in [0.2, 0.25) is 0 Å². The molecule has 1 unspecified atom stereocenters. The molecule has 0 aromatic heterocycles. The van der Waals surface area contributed by atoms with Crippen LogP contribution in [0.25, 0.3) is 0 Å². The summed E-state index contributed by atoms with van der Waals surface area (Å²) in [5.41, 5.74) is 0.633. The van der Waals surface area contributed by atoms with Crippen molar-refractivity contribution in [1.82, 2.24) is 4.90 Å². The number of hydrogen-bond acceptors (Lipinski definition) is 4. The number of likely N-dealkylation sites (tertiary alicyclic amines) is 1. The molecular formula is C15H19NO4S. The van der Waals surface area contributed by atoms with Gasteiger partial charge in [-0.3, -0.25) is 9.00 Å². The number of nitrogens with zero attached hydrogens (tertiary/aromatic N) is 1. The van der Waals surface area contributed by atoms with E-state index in [1.54, 1.807) is 30.5 Å². The minimum Gasteiger partial charge on any atom is -0.347 e. The van der Waals surface area contributed by atoms with Crippen LogP contribution in [0.15, 0.2) is 29.2 Å². The quantitative estimate of drug-likeness (QED) is 0.829. The number of carbonyl (C=O) groups is 1. The van der Waals surface area contributed by atoms with Crippen LogP contribution in [-0.4, -0.2) is 53.4 Å². The second kappa shape index (κ2) is 5.87. The first-order valence-corrected chi connectivity index (χ1v) is 8.66. The molecule has 1 amide bonds. The van der Waals surface area contributed by atoms with Gasteiger partial charge in [-0.05, 0) is 24.3 Å².